The minimum Gasteiger partial charge on any atom is -0.464 e. The van der Waals surface area contributed by atoms with E-state index in [4.69, 9.17) is 0 Å². The number of ether oxygens (including phenoxy) is 1. The van der Waals surface area contributed by atoms with Gasteiger partial charge in [0, 0.05) is 0 Å². The molecule has 0 aromatic rings. The molecule has 0 aromatic heterocycles. The lowest BCUT2D eigenvalue weighted by Gasteiger charge is -2.02. The first-order valence-corrected chi connectivity index (χ1v) is 8.62. The second-order valence-corrected chi connectivity index (χ2v) is 5.61. The maximum absolute atomic E-state index is 11.3. The zero-order chi connectivity index (χ0) is 16.5. The number of methoxy groups -OCH3 is 1. The zero-order valence-corrected chi connectivity index (χ0v) is 14.2. The number of hydrogen-bond donors (Lipinski definition) is 0. The zero-order valence-electron chi connectivity index (χ0n) is 14.2. The highest BCUT2D eigenvalue weighted by molar-refractivity contribution is 5.88. The summed E-state index contributed by atoms with van der Waals surface area (Å²) in [6.07, 6.45) is 17.9. The molecule has 0 N–H and O–H groups in total. The van der Waals surface area contributed by atoms with Crippen LogP contribution in [-0.2, 0) is 14.3 Å². The van der Waals surface area contributed by atoms with Crippen molar-refractivity contribution in [1.29, 1.82) is 0 Å². The number of isocyanates is 1. The molecule has 0 saturated heterocycles. The van der Waals surface area contributed by atoms with Gasteiger partial charge >= 0.3 is 5.97 Å². The van der Waals surface area contributed by atoms with Crippen molar-refractivity contribution < 1.29 is 14.3 Å². The molecule has 4 nitrogen and oxygen atoms in total. The number of hydrogen-bond acceptors (Lipinski definition) is 4. The molecule has 0 aromatic carbocycles. The van der Waals surface area contributed by atoms with Crippen molar-refractivity contribution in [2.75, 3.05) is 7.11 Å². The van der Waals surface area contributed by atoms with Gasteiger partial charge in [0.05, 0.1) is 7.11 Å². The first kappa shape index (κ1) is 20.6. The number of carbonyl (C=O) groups is 1. The van der Waals surface area contributed by atoms with Gasteiger partial charge in [-0.05, 0) is 12.8 Å². The predicted molar refractivity (Wildman–Crippen MR) is 89.3 cm³/mol. The van der Waals surface area contributed by atoms with Crippen LogP contribution in [0.4, 0.5) is 0 Å². The van der Waals surface area contributed by atoms with Crippen molar-refractivity contribution in [1.82, 2.24) is 0 Å². The maximum Gasteiger partial charge on any atom is 0.357 e. The summed E-state index contributed by atoms with van der Waals surface area (Å²) in [5.41, 5.74) is 0.0598. The lowest BCUT2D eigenvalue weighted by atomic mass is 10.1. The molecule has 22 heavy (non-hydrogen) atoms. The second kappa shape index (κ2) is 16.0. The molecule has 0 bridgehead atoms. The van der Waals surface area contributed by atoms with E-state index in [9.17, 15) is 9.59 Å². The average molecular weight is 309 g/mol. The van der Waals surface area contributed by atoms with E-state index in [1.165, 1.54) is 71.0 Å². The van der Waals surface area contributed by atoms with E-state index in [0.29, 0.717) is 0 Å². The number of unbranched alkanes of at least 4 members (excludes halogenated alkanes) is 11. The summed E-state index contributed by atoms with van der Waals surface area (Å²) >= 11 is 0. The van der Waals surface area contributed by atoms with Crippen LogP contribution in [0, 0.1) is 0 Å². The lowest BCUT2D eigenvalue weighted by Crippen LogP contribution is -2.02. The Labute approximate surface area is 135 Å². The fourth-order valence-corrected chi connectivity index (χ4v) is 2.38. The monoisotopic (exact) mass is 309 g/mol. The number of allylic oxidation sites excluding steroid dienone is 1. The standard InChI is InChI=1S/C18H31NO3/c1-3-4-5-6-7-8-9-10-11-12-13-14-15-17(19-16-20)18(21)22-2/h15H,3-14H2,1-2H3. The van der Waals surface area contributed by atoms with Crippen molar-refractivity contribution in [3.63, 3.8) is 0 Å². The summed E-state index contributed by atoms with van der Waals surface area (Å²) in [7, 11) is 1.28. The molecular weight excluding hydrogens is 278 g/mol. The molecule has 0 atom stereocenters. The molecule has 0 heterocycles. The molecule has 0 radical (unpaired) electrons. The largest absolute Gasteiger partial charge is 0.464 e. The van der Waals surface area contributed by atoms with Gasteiger partial charge in [-0.25, -0.2) is 9.59 Å². The quantitative estimate of drug-likeness (QED) is 0.148. The summed E-state index contributed by atoms with van der Waals surface area (Å²) in [5.74, 6) is -0.577. The van der Waals surface area contributed by atoms with Crippen molar-refractivity contribution in [3.8, 4) is 0 Å². The number of carbonyl (C=O) groups excluding carboxylic acids is 2. The highest BCUT2D eigenvalue weighted by Crippen LogP contribution is 2.12. The topological polar surface area (TPSA) is 55.7 Å². The van der Waals surface area contributed by atoms with Crippen LogP contribution in [0.2, 0.25) is 0 Å². The Hall–Kier alpha value is -1.41. The van der Waals surface area contributed by atoms with Gasteiger partial charge in [-0.3, -0.25) is 0 Å². The highest BCUT2D eigenvalue weighted by Gasteiger charge is 2.06. The van der Waals surface area contributed by atoms with Gasteiger partial charge in [0.25, 0.3) is 0 Å². The third-order valence-electron chi connectivity index (χ3n) is 3.71. The highest BCUT2D eigenvalue weighted by atomic mass is 16.5. The lowest BCUT2D eigenvalue weighted by molar-refractivity contribution is -0.136. The first-order chi connectivity index (χ1) is 10.8. The maximum atomic E-state index is 11.3. The number of rotatable bonds is 14. The SMILES string of the molecule is CCCCCCCCCCCCCC=C(N=C=O)C(=O)OC. The molecule has 126 valence electrons. The van der Waals surface area contributed by atoms with Crippen molar-refractivity contribution in [2.24, 2.45) is 4.99 Å². The molecule has 0 fully saturated rings. The van der Waals surface area contributed by atoms with E-state index >= 15 is 0 Å². The molecule has 0 aliphatic carbocycles. The Bertz CT molecular complexity index is 357. The van der Waals surface area contributed by atoms with Gasteiger partial charge in [-0.15, -0.1) is 0 Å². The fourth-order valence-electron chi connectivity index (χ4n) is 2.38. The van der Waals surface area contributed by atoms with Crippen LogP contribution in [-0.4, -0.2) is 19.2 Å². The average Bonchev–Trinajstić information content (AvgIpc) is 2.54. The Kier molecular flexibility index (Phi) is 14.9. The summed E-state index contributed by atoms with van der Waals surface area (Å²) < 4.78 is 4.54. The smallest absolute Gasteiger partial charge is 0.357 e. The second-order valence-electron chi connectivity index (χ2n) is 5.61. The van der Waals surface area contributed by atoms with Gasteiger partial charge in [0.15, 0.2) is 5.70 Å². The molecule has 0 aliphatic rings. The van der Waals surface area contributed by atoms with Gasteiger partial charge in [0.1, 0.15) is 0 Å². The molecule has 0 aliphatic heterocycles. The summed E-state index contributed by atoms with van der Waals surface area (Å²) in [6, 6.07) is 0. The Morgan fingerprint density at radius 1 is 0.955 bits per heavy atom. The van der Waals surface area contributed by atoms with E-state index in [2.05, 4.69) is 16.7 Å². The van der Waals surface area contributed by atoms with E-state index in [1.807, 2.05) is 0 Å². The molecule has 4 heteroatoms. The molecule has 0 spiro atoms. The fraction of sp³-hybridized carbons (Fsp3) is 0.778. The number of esters is 1. The van der Waals surface area contributed by atoms with Crippen LogP contribution in [0.5, 0.6) is 0 Å². The van der Waals surface area contributed by atoms with Crippen molar-refractivity contribution in [2.45, 2.75) is 84.0 Å². The molecular formula is C18H31NO3. The molecule has 0 rings (SSSR count). The van der Waals surface area contributed by atoms with Crippen LogP contribution in [0.25, 0.3) is 0 Å². The van der Waals surface area contributed by atoms with Gasteiger partial charge in [-0.1, -0.05) is 77.2 Å². The summed E-state index contributed by atoms with van der Waals surface area (Å²) in [6.45, 7) is 2.24. The van der Waals surface area contributed by atoms with Gasteiger partial charge < -0.3 is 4.74 Å². The normalized spacial score (nSPS) is 11.1. The number of nitrogens with zero attached hydrogens (tertiary/aromatic N) is 1. The minimum absolute atomic E-state index is 0.0598. The Morgan fingerprint density at radius 2 is 1.45 bits per heavy atom. The summed E-state index contributed by atoms with van der Waals surface area (Å²) in [5, 5.41) is 0. The van der Waals surface area contributed by atoms with Gasteiger partial charge in [-0.2, -0.15) is 4.99 Å². The number of aliphatic imine (C=N–C) groups is 1. The van der Waals surface area contributed by atoms with Crippen LogP contribution in [0.15, 0.2) is 16.8 Å². The Balaban J connectivity index is 3.52. The molecule has 0 saturated carbocycles. The minimum atomic E-state index is -0.577. The Morgan fingerprint density at radius 3 is 1.91 bits per heavy atom. The predicted octanol–water partition coefficient (Wildman–Crippen LogP) is 5.08. The third kappa shape index (κ3) is 12.3. The van der Waals surface area contributed by atoms with E-state index in [0.717, 1.165) is 19.3 Å². The van der Waals surface area contributed by atoms with Crippen LogP contribution < -0.4 is 0 Å². The van der Waals surface area contributed by atoms with Crippen LogP contribution >= 0.6 is 0 Å². The molecule has 0 amide bonds. The van der Waals surface area contributed by atoms with E-state index in [-0.39, 0.29) is 5.70 Å². The van der Waals surface area contributed by atoms with E-state index < -0.39 is 5.97 Å². The van der Waals surface area contributed by atoms with Crippen LogP contribution in [0.3, 0.4) is 0 Å². The molecule has 0 unspecified atom stereocenters. The first-order valence-electron chi connectivity index (χ1n) is 8.62. The van der Waals surface area contributed by atoms with E-state index in [1.54, 1.807) is 6.08 Å². The van der Waals surface area contributed by atoms with Crippen molar-refractivity contribution >= 4 is 12.0 Å². The summed E-state index contributed by atoms with van der Waals surface area (Å²) in [4.78, 5) is 24.8. The van der Waals surface area contributed by atoms with Crippen LogP contribution in [0.1, 0.15) is 84.0 Å². The van der Waals surface area contributed by atoms with Crippen molar-refractivity contribution in [3.05, 3.63) is 11.8 Å². The third-order valence-corrected chi connectivity index (χ3v) is 3.71. The van der Waals surface area contributed by atoms with Gasteiger partial charge in [0.2, 0.25) is 6.08 Å².